The van der Waals surface area contributed by atoms with E-state index in [4.69, 9.17) is 4.84 Å². The third kappa shape index (κ3) is 3.65. The van der Waals surface area contributed by atoms with Gasteiger partial charge in [-0.1, -0.05) is 91.0 Å². The predicted molar refractivity (Wildman–Crippen MR) is 103 cm³/mol. The molecular weight excluding hydrogens is 306 g/mol. The standard InChI is InChI=1S/C23H21NO/c1-4-10-19(11-5-1)16-17-22-18-23(20-12-6-2-7-13-20)25-24(22)21-14-8-3-9-15-21/h1-17,22-23H,18H2/b17-16+. The maximum atomic E-state index is 6.32. The molecule has 0 aliphatic carbocycles. The van der Waals surface area contributed by atoms with E-state index in [2.05, 4.69) is 72.8 Å². The van der Waals surface area contributed by atoms with Crippen molar-refractivity contribution >= 4 is 11.8 Å². The van der Waals surface area contributed by atoms with E-state index in [1.807, 2.05) is 35.4 Å². The monoisotopic (exact) mass is 327 g/mol. The van der Waals surface area contributed by atoms with E-state index in [-0.39, 0.29) is 12.1 Å². The lowest BCUT2D eigenvalue weighted by molar-refractivity contribution is 0.0855. The zero-order valence-corrected chi connectivity index (χ0v) is 14.0. The molecule has 124 valence electrons. The highest BCUT2D eigenvalue weighted by molar-refractivity contribution is 5.53. The van der Waals surface area contributed by atoms with E-state index < -0.39 is 0 Å². The maximum Gasteiger partial charge on any atom is 0.113 e. The van der Waals surface area contributed by atoms with Crippen LogP contribution in [0, 0.1) is 0 Å². The van der Waals surface area contributed by atoms with E-state index in [1.54, 1.807) is 0 Å². The molecular formula is C23H21NO. The zero-order valence-electron chi connectivity index (χ0n) is 14.0. The van der Waals surface area contributed by atoms with Crippen molar-refractivity contribution < 1.29 is 4.84 Å². The van der Waals surface area contributed by atoms with E-state index >= 15 is 0 Å². The maximum absolute atomic E-state index is 6.32. The molecule has 0 radical (unpaired) electrons. The molecule has 1 saturated heterocycles. The first-order chi connectivity index (χ1) is 12.4. The Labute approximate surface area is 149 Å². The Balaban J connectivity index is 1.61. The third-order valence-corrected chi connectivity index (χ3v) is 4.49. The third-order valence-electron chi connectivity index (χ3n) is 4.49. The Bertz CT molecular complexity index is 814. The van der Waals surface area contributed by atoms with E-state index in [0.717, 1.165) is 12.1 Å². The van der Waals surface area contributed by atoms with Crippen LogP contribution in [0.5, 0.6) is 0 Å². The van der Waals surface area contributed by atoms with Crippen molar-refractivity contribution in [2.75, 3.05) is 5.06 Å². The summed E-state index contributed by atoms with van der Waals surface area (Å²) in [5.74, 6) is 0. The normalized spacial score (nSPS) is 20.2. The highest BCUT2D eigenvalue weighted by Gasteiger charge is 2.33. The second-order valence-electron chi connectivity index (χ2n) is 6.24. The van der Waals surface area contributed by atoms with Gasteiger partial charge in [-0.2, -0.15) is 0 Å². The summed E-state index contributed by atoms with van der Waals surface area (Å²) in [4.78, 5) is 6.32. The molecule has 0 bridgehead atoms. The molecule has 0 amide bonds. The summed E-state index contributed by atoms with van der Waals surface area (Å²) < 4.78 is 0. The van der Waals surface area contributed by atoms with E-state index in [1.165, 1.54) is 11.1 Å². The minimum absolute atomic E-state index is 0.0758. The Morgan fingerprint density at radius 3 is 2.04 bits per heavy atom. The Morgan fingerprint density at radius 1 is 0.760 bits per heavy atom. The summed E-state index contributed by atoms with van der Waals surface area (Å²) >= 11 is 0. The Hall–Kier alpha value is -2.84. The molecule has 1 fully saturated rings. The molecule has 1 aliphatic heterocycles. The van der Waals surface area contributed by atoms with Crippen LogP contribution in [0.15, 0.2) is 97.1 Å². The molecule has 0 aromatic heterocycles. The molecule has 3 aromatic rings. The van der Waals surface area contributed by atoms with Gasteiger partial charge in [0.05, 0.1) is 11.7 Å². The van der Waals surface area contributed by atoms with Crippen LogP contribution < -0.4 is 5.06 Å². The lowest BCUT2D eigenvalue weighted by Crippen LogP contribution is -2.25. The highest BCUT2D eigenvalue weighted by Crippen LogP contribution is 2.37. The SMILES string of the molecule is C(=C\C1CC(c2ccccc2)ON1c1ccccc1)/c1ccccc1. The molecule has 2 unspecified atom stereocenters. The summed E-state index contributed by atoms with van der Waals surface area (Å²) in [6, 6.07) is 31.4. The Kier molecular flexibility index (Phi) is 4.62. The largest absolute Gasteiger partial charge is 0.265 e. The fourth-order valence-electron chi connectivity index (χ4n) is 3.21. The van der Waals surface area contributed by atoms with Gasteiger partial charge in [0.2, 0.25) is 0 Å². The molecule has 3 aromatic carbocycles. The van der Waals surface area contributed by atoms with Crippen molar-refractivity contribution in [2.24, 2.45) is 0 Å². The first kappa shape index (κ1) is 15.7. The van der Waals surface area contributed by atoms with Crippen LogP contribution in [0.4, 0.5) is 5.69 Å². The van der Waals surface area contributed by atoms with Crippen LogP contribution in [0.2, 0.25) is 0 Å². The van der Waals surface area contributed by atoms with E-state index in [9.17, 15) is 0 Å². The zero-order chi connectivity index (χ0) is 16.9. The smallest absolute Gasteiger partial charge is 0.113 e. The fourth-order valence-corrected chi connectivity index (χ4v) is 3.21. The van der Waals surface area contributed by atoms with Crippen molar-refractivity contribution in [3.63, 3.8) is 0 Å². The summed E-state index contributed by atoms with van der Waals surface area (Å²) in [6.07, 6.45) is 5.43. The molecule has 2 heteroatoms. The van der Waals surface area contributed by atoms with Crippen molar-refractivity contribution in [2.45, 2.75) is 18.6 Å². The van der Waals surface area contributed by atoms with Crippen molar-refractivity contribution in [1.82, 2.24) is 0 Å². The average molecular weight is 327 g/mol. The van der Waals surface area contributed by atoms with Crippen molar-refractivity contribution in [3.05, 3.63) is 108 Å². The quantitative estimate of drug-likeness (QED) is 0.614. The lowest BCUT2D eigenvalue weighted by Gasteiger charge is -2.22. The van der Waals surface area contributed by atoms with Gasteiger partial charge in [0.25, 0.3) is 0 Å². The second-order valence-corrected chi connectivity index (χ2v) is 6.24. The summed E-state index contributed by atoms with van der Waals surface area (Å²) in [5.41, 5.74) is 3.52. The molecule has 0 N–H and O–H groups in total. The summed E-state index contributed by atoms with van der Waals surface area (Å²) in [7, 11) is 0. The molecule has 0 saturated carbocycles. The van der Waals surface area contributed by atoms with Gasteiger partial charge in [0.1, 0.15) is 6.10 Å². The average Bonchev–Trinajstić information content (AvgIpc) is 3.13. The van der Waals surface area contributed by atoms with Gasteiger partial charge >= 0.3 is 0 Å². The number of benzene rings is 3. The molecule has 4 rings (SSSR count). The van der Waals surface area contributed by atoms with Gasteiger partial charge in [-0.05, 0) is 23.3 Å². The van der Waals surface area contributed by atoms with Gasteiger partial charge in [-0.25, -0.2) is 5.06 Å². The number of hydroxylamine groups is 1. The first-order valence-corrected chi connectivity index (χ1v) is 8.69. The van der Waals surface area contributed by atoms with Gasteiger partial charge in [0.15, 0.2) is 0 Å². The first-order valence-electron chi connectivity index (χ1n) is 8.69. The van der Waals surface area contributed by atoms with Gasteiger partial charge < -0.3 is 0 Å². The van der Waals surface area contributed by atoms with Gasteiger partial charge in [0, 0.05) is 6.42 Å². The van der Waals surface area contributed by atoms with Crippen molar-refractivity contribution in [1.29, 1.82) is 0 Å². The van der Waals surface area contributed by atoms with Gasteiger partial charge in [-0.3, -0.25) is 4.84 Å². The number of hydrogen-bond donors (Lipinski definition) is 0. The molecule has 2 nitrogen and oxygen atoms in total. The molecule has 1 heterocycles. The molecule has 1 aliphatic rings. The Morgan fingerprint density at radius 2 is 1.36 bits per heavy atom. The topological polar surface area (TPSA) is 12.5 Å². The molecule has 2 atom stereocenters. The number of nitrogens with zero attached hydrogens (tertiary/aromatic N) is 1. The van der Waals surface area contributed by atoms with Crippen LogP contribution in [0.1, 0.15) is 23.7 Å². The predicted octanol–water partition coefficient (Wildman–Crippen LogP) is 5.65. The lowest BCUT2D eigenvalue weighted by atomic mass is 10.0. The molecule has 0 spiro atoms. The highest BCUT2D eigenvalue weighted by atomic mass is 16.7. The van der Waals surface area contributed by atoms with Crippen LogP contribution in [-0.2, 0) is 4.84 Å². The van der Waals surface area contributed by atoms with Crippen molar-refractivity contribution in [3.8, 4) is 0 Å². The van der Waals surface area contributed by atoms with Crippen LogP contribution in [0.3, 0.4) is 0 Å². The van der Waals surface area contributed by atoms with Crippen LogP contribution in [0.25, 0.3) is 6.08 Å². The van der Waals surface area contributed by atoms with E-state index in [0.29, 0.717) is 0 Å². The number of hydrogen-bond acceptors (Lipinski definition) is 2. The second kappa shape index (κ2) is 7.37. The summed E-state index contributed by atoms with van der Waals surface area (Å²) in [6.45, 7) is 0. The van der Waals surface area contributed by atoms with Crippen LogP contribution >= 0.6 is 0 Å². The minimum atomic E-state index is 0.0758. The summed E-state index contributed by atoms with van der Waals surface area (Å²) in [5, 5.41) is 2.04. The van der Waals surface area contributed by atoms with Crippen LogP contribution in [-0.4, -0.2) is 6.04 Å². The fraction of sp³-hybridized carbons (Fsp3) is 0.130. The van der Waals surface area contributed by atoms with Gasteiger partial charge in [-0.15, -0.1) is 0 Å². The number of rotatable bonds is 4. The molecule has 25 heavy (non-hydrogen) atoms. The minimum Gasteiger partial charge on any atom is -0.265 e. The number of para-hydroxylation sites is 1. The number of anilines is 1.